The van der Waals surface area contributed by atoms with Crippen LogP contribution in [0.2, 0.25) is 0 Å². The fraction of sp³-hybridized carbons (Fsp3) is 0.474. The zero-order valence-electron chi connectivity index (χ0n) is 14.8. The highest BCUT2D eigenvalue weighted by Crippen LogP contribution is 2.35. The molecule has 1 aliphatic rings. The Morgan fingerprint density at radius 2 is 2.20 bits per heavy atom. The predicted octanol–water partition coefficient (Wildman–Crippen LogP) is 1.97. The Balaban J connectivity index is 1.76. The van der Waals surface area contributed by atoms with Crippen LogP contribution in [0.1, 0.15) is 12.2 Å². The van der Waals surface area contributed by atoms with Gasteiger partial charge in [-0.05, 0) is 13.0 Å². The van der Waals surface area contributed by atoms with Gasteiger partial charge in [-0.3, -0.25) is 9.69 Å². The lowest BCUT2D eigenvalue weighted by molar-refractivity contribution is -0.130. The summed E-state index contributed by atoms with van der Waals surface area (Å²) in [5, 5.41) is 7.00. The first-order chi connectivity index (χ1) is 12.2. The van der Waals surface area contributed by atoms with E-state index in [1.165, 1.54) is 0 Å². The molecule has 2 aromatic rings. The second-order valence-electron chi connectivity index (χ2n) is 6.60. The number of ether oxygens (including phenoxy) is 1. The van der Waals surface area contributed by atoms with Crippen molar-refractivity contribution in [2.45, 2.75) is 12.8 Å². The third-order valence-corrected chi connectivity index (χ3v) is 4.89. The molecule has 1 aromatic carbocycles. The summed E-state index contributed by atoms with van der Waals surface area (Å²) in [5.74, 6) is 0.807. The highest BCUT2D eigenvalue weighted by atomic mass is 16.5. The molecule has 1 aliphatic heterocycles. The predicted molar refractivity (Wildman–Crippen MR) is 95.1 cm³/mol. The normalized spacial score (nSPS) is 20.7. The second-order valence-corrected chi connectivity index (χ2v) is 6.60. The van der Waals surface area contributed by atoms with Crippen LogP contribution in [0.4, 0.5) is 0 Å². The number of likely N-dealkylation sites (tertiary alicyclic amines) is 1. The quantitative estimate of drug-likeness (QED) is 0.832. The van der Waals surface area contributed by atoms with Crippen molar-refractivity contribution in [1.82, 2.24) is 15.4 Å². The first kappa shape index (κ1) is 17.6. The van der Waals surface area contributed by atoms with E-state index in [0.717, 1.165) is 36.5 Å². The molecule has 25 heavy (non-hydrogen) atoms. The maximum absolute atomic E-state index is 12.6. The first-order valence-electron chi connectivity index (χ1n) is 8.61. The van der Waals surface area contributed by atoms with Gasteiger partial charge in [0.25, 0.3) is 0 Å². The number of nitrogens with zero attached hydrogens (tertiary/aromatic N) is 2. The summed E-state index contributed by atoms with van der Waals surface area (Å²) >= 11 is 0. The van der Waals surface area contributed by atoms with Crippen LogP contribution in [-0.4, -0.2) is 56.4 Å². The third-order valence-electron chi connectivity index (χ3n) is 4.89. The summed E-state index contributed by atoms with van der Waals surface area (Å²) in [6, 6.07) is 11.9. The number of rotatable bonds is 7. The molecule has 2 heterocycles. The molecule has 134 valence electrons. The number of carbonyl (C=O) groups is 1. The number of benzene rings is 1. The Hall–Kier alpha value is -2.18. The van der Waals surface area contributed by atoms with Crippen LogP contribution in [0.25, 0.3) is 11.3 Å². The Bertz CT molecular complexity index is 701. The molecule has 0 bridgehead atoms. The minimum absolute atomic E-state index is 0.0603. The fourth-order valence-electron chi connectivity index (χ4n) is 3.52. The summed E-state index contributed by atoms with van der Waals surface area (Å²) < 4.78 is 10.7. The molecule has 1 fully saturated rings. The van der Waals surface area contributed by atoms with Gasteiger partial charge in [0.05, 0.1) is 12.0 Å². The van der Waals surface area contributed by atoms with Crippen LogP contribution >= 0.6 is 0 Å². The zero-order valence-corrected chi connectivity index (χ0v) is 14.8. The molecule has 1 atom stereocenters. The molecule has 0 aliphatic carbocycles. The Morgan fingerprint density at radius 3 is 2.92 bits per heavy atom. The van der Waals surface area contributed by atoms with Gasteiger partial charge in [0.1, 0.15) is 11.5 Å². The average molecular weight is 343 g/mol. The van der Waals surface area contributed by atoms with E-state index in [2.05, 4.69) is 15.4 Å². The summed E-state index contributed by atoms with van der Waals surface area (Å²) in [6.07, 6.45) is 1.35. The van der Waals surface area contributed by atoms with Crippen LogP contribution in [0.3, 0.4) is 0 Å². The maximum atomic E-state index is 12.6. The summed E-state index contributed by atoms with van der Waals surface area (Å²) in [5.41, 5.74) is 1.34. The third kappa shape index (κ3) is 3.91. The molecule has 3 rings (SSSR count). The summed E-state index contributed by atoms with van der Waals surface area (Å²) in [7, 11) is 3.39. The Morgan fingerprint density at radius 1 is 1.40 bits per heavy atom. The Kier molecular flexibility index (Phi) is 5.50. The van der Waals surface area contributed by atoms with E-state index in [4.69, 9.17) is 9.26 Å². The van der Waals surface area contributed by atoms with Crippen molar-refractivity contribution in [3.8, 4) is 11.3 Å². The van der Waals surface area contributed by atoms with Crippen molar-refractivity contribution in [2.75, 3.05) is 40.4 Å². The van der Waals surface area contributed by atoms with E-state index >= 15 is 0 Å². The average Bonchev–Trinajstić information content (AvgIpc) is 3.28. The molecule has 1 aromatic heterocycles. The lowest BCUT2D eigenvalue weighted by Gasteiger charge is -2.26. The van der Waals surface area contributed by atoms with Crippen molar-refractivity contribution in [3.63, 3.8) is 0 Å². The van der Waals surface area contributed by atoms with Crippen molar-refractivity contribution < 1.29 is 14.1 Å². The standard InChI is InChI=1S/C19H25N3O3/c1-20-18(23)19(8-9-22(14-19)10-11-24-2)13-16-12-17(21-25-16)15-6-4-3-5-7-15/h3-7,12H,8-11,13-14H2,1-2H3,(H,20,23)/t19-/m0/s1. The van der Waals surface area contributed by atoms with Crippen molar-refractivity contribution >= 4 is 5.91 Å². The fourth-order valence-corrected chi connectivity index (χ4v) is 3.52. The molecule has 0 unspecified atom stereocenters. The van der Waals surface area contributed by atoms with Crippen LogP contribution in [0.15, 0.2) is 40.9 Å². The molecule has 6 heteroatoms. The largest absolute Gasteiger partial charge is 0.383 e. The highest BCUT2D eigenvalue weighted by molar-refractivity contribution is 5.83. The van der Waals surface area contributed by atoms with E-state index in [1.54, 1.807) is 14.2 Å². The van der Waals surface area contributed by atoms with Crippen molar-refractivity contribution in [2.24, 2.45) is 5.41 Å². The molecular formula is C19H25N3O3. The van der Waals surface area contributed by atoms with Gasteiger partial charge in [-0.1, -0.05) is 35.5 Å². The second kappa shape index (κ2) is 7.80. The SMILES string of the molecule is CNC(=O)[C@]1(Cc2cc(-c3ccccc3)no2)CCN(CCOC)C1. The van der Waals surface area contributed by atoms with E-state index in [-0.39, 0.29) is 5.91 Å². The van der Waals surface area contributed by atoms with Gasteiger partial charge in [-0.25, -0.2) is 0 Å². The summed E-state index contributed by atoms with van der Waals surface area (Å²) in [4.78, 5) is 14.9. The number of nitrogens with one attached hydrogen (secondary N) is 1. The van der Waals surface area contributed by atoms with Gasteiger partial charge in [0.15, 0.2) is 0 Å². The molecule has 0 radical (unpaired) electrons. The van der Waals surface area contributed by atoms with Crippen LogP contribution in [0, 0.1) is 5.41 Å². The molecular weight excluding hydrogens is 318 g/mol. The van der Waals surface area contributed by atoms with Crippen molar-refractivity contribution in [1.29, 1.82) is 0 Å². The first-order valence-corrected chi connectivity index (χ1v) is 8.61. The maximum Gasteiger partial charge on any atom is 0.227 e. The summed E-state index contributed by atoms with van der Waals surface area (Å²) in [6.45, 7) is 3.10. The molecule has 6 nitrogen and oxygen atoms in total. The number of carbonyl (C=O) groups excluding carboxylic acids is 1. The molecule has 1 N–H and O–H groups in total. The molecule has 0 spiro atoms. The van der Waals surface area contributed by atoms with Gasteiger partial charge in [-0.2, -0.15) is 0 Å². The number of hydrogen-bond acceptors (Lipinski definition) is 5. The van der Waals surface area contributed by atoms with E-state index < -0.39 is 5.41 Å². The van der Waals surface area contributed by atoms with Gasteiger partial charge < -0.3 is 14.6 Å². The van der Waals surface area contributed by atoms with Crippen LogP contribution < -0.4 is 5.32 Å². The van der Waals surface area contributed by atoms with Gasteiger partial charge in [0, 0.05) is 45.3 Å². The highest BCUT2D eigenvalue weighted by Gasteiger charge is 2.44. The number of hydrogen-bond donors (Lipinski definition) is 1. The monoisotopic (exact) mass is 343 g/mol. The minimum Gasteiger partial charge on any atom is -0.383 e. The lowest BCUT2D eigenvalue weighted by atomic mass is 9.81. The van der Waals surface area contributed by atoms with Crippen LogP contribution in [-0.2, 0) is 16.0 Å². The van der Waals surface area contributed by atoms with Gasteiger partial charge in [-0.15, -0.1) is 0 Å². The minimum atomic E-state index is -0.476. The number of methoxy groups -OCH3 is 1. The van der Waals surface area contributed by atoms with Crippen molar-refractivity contribution in [3.05, 3.63) is 42.2 Å². The molecule has 1 saturated heterocycles. The van der Waals surface area contributed by atoms with E-state index in [0.29, 0.717) is 19.6 Å². The van der Waals surface area contributed by atoms with Gasteiger partial charge >= 0.3 is 0 Å². The van der Waals surface area contributed by atoms with Crippen LogP contribution in [0.5, 0.6) is 0 Å². The van der Waals surface area contributed by atoms with Gasteiger partial charge in [0.2, 0.25) is 5.91 Å². The van der Waals surface area contributed by atoms with E-state index in [9.17, 15) is 4.79 Å². The zero-order chi connectivity index (χ0) is 17.7. The Labute approximate surface area is 148 Å². The number of aromatic nitrogens is 1. The smallest absolute Gasteiger partial charge is 0.227 e. The van der Waals surface area contributed by atoms with E-state index in [1.807, 2.05) is 36.4 Å². The number of amides is 1. The topological polar surface area (TPSA) is 67.6 Å². The molecule has 0 saturated carbocycles. The lowest BCUT2D eigenvalue weighted by Crippen LogP contribution is -2.43. The molecule has 1 amide bonds.